The van der Waals surface area contributed by atoms with Crippen molar-refractivity contribution in [1.82, 2.24) is 4.98 Å². The molecule has 26 heavy (non-hydrogen) atoms. The first kappa shape index (κ1) is 18.6. The molecule has 3 aromatic rings. The molecule has 0 saturated carbocycles. The summed E-state index contributed by atoms with van der Waals surface area (Å²) in [5.41, 5.74) is 1.16. The third-order valence-electron chi connectivity index (χ3n) is 3.39. The molecule has 0 radical (unpaired) electrons. The lowest BCUT2D eigenvalue weighted by atomic mass is 10.2. The lowest BCUT2D eigenvalue weighted by Gasteiger charge is -2.25. The number of thiazole rings is 1. The van der Waals surface area contributed by atoms with Crippen molar-refractivity contribution in [2.45, 2.75) is 26.4 Å². The van der Waals surface area contributed by atoms with Crippen molar-refractivity contribution < 1.29 is 9.53 Å². The molecule has 0 saturated heterocycles. The van der Waals surface area contributed by atoms with Gasteiger partial charge in [-0.3, -0.25) is 0 Å². The molecule has 0 N–H and O–H groups in total. The summed E-state index contributed by atoms with van der Waals surface area (Å²) in [6, 6.07) is 19.3. The van der Waals surface area contributed by atoms with Crippen molar-refractivity contribution in [2.24, 2.45) is 0 Å². The van der Waals surface area contributed by atoms with E-state index >= 15 is 0 Å². The summed E-state index contributed by atoms with van der Waals surface area (Å²) in [7, 11) is 0. The van der Waals surface area contributed by atoms with Crippen LogP contribution in [0.1, 0.15) is 20.8 Å². The van der Waals surface area contributed by atoms with Gasteiger partial charge in [0.05, 0.1) is 10.6 Å². The Hall–Kier alpha value is -2.18. The van der Waals surface area contributed by atoms with Gasteiger partial charge >= 0.3 is 6.09 Å². The van der Waals surface area contributed by atoms with Gasteiger partial charge in [-0.05, 0) is 54.4 Å². The number of ether oxygens (including phenoxy) is 1. The van der Waals surface area contributed by atoms with Crippen molar-refractivity contribution in [3.05, 3.63) is 65.3 Å². The van der Waals surface area contributed by atoms with Gasteiger partial charge in [0.25, 0.3) is 0 Å². The standard InChI is InChI=1S/C20H19BrN2O2S/c1-20(2,3)25-19(24)23(15-12-8-5-9-13-15)18-22-17(21)16(26-18)14-10-6-4-7-11-14/h4-13H,1-3H3. The van der Waals surface area contributed by atoms with E-state index in [9.17, 15) is 4.79 Å². The van der Waals surface area contributed by atoms with Crippen LogP contribution in [-0.2, 0) is 4.74 Å². The molecule has 0 spiro atoms. The molecule has 0 unspecified atom stereocenters. The number of benzene rings is 2. The second-order valence-electron chi connectivity index (χ2n) is 6.63. The minimum Gasteiger partial charge on any atom is -0.443 e. The second-order valence-corrected chi connectivity index (χ2v) is 8.36. The molecule has 1 heterocycles. The summed E-state index contributed by atoms with van der Waals surface area (Å²) >= 11 is 4.96. The summed E-state index contributed by atoms with van der Waals surface area (Å²) < 4.78 is 6.30. The molecule has 0 aliphatic carbocycles. The van der Waals surface area contributed by atoms with Gasteiger partial charge in [-0.25, -0.2) is 14.7 Å². The molecule has 2 aromatic carbocycles. The number of nitrogens with zero attached hydrogens (tertiary/aromatic N) is 2. The maximum absolute atomic E-state index is 12.9. The van der Waals surface area contributed by atoms with E-state index in [-0.39, 0.29) is 0 Å². The van der Waals surface area contributed by atoms with Crippen molar-refractivity contribution in [3.63, 3.8) is 0 Å². The van der Waals surface area contributed by atoms with E-state index in [0.717, 1.165) is 10.4 Å². The molecule has 0 aliphatic rings. The van der Waals surface area contributed by atoms with Crippen LogP contribution in [0.25, 0.3) is 10.4 Å². The highest BCUT2D eigenvalue weighted by Crippen LogP contribution is 2.40. The normalized spacial score (nSPS) is 11.2. The predicted octanol–water partition coefficient (Wildman–Crippen LogP) is 6.65. The average molecular weight is 431 g/mol. The highest BCUT2D eigenvalue weighted by atomic mass is 79.9. The van der Waals surface area contributed by atoms with E-state index < -0.39 is 11.7 Å². The first-order valence-electron chi connectivity index (χ1n) is 8.15. The quantitative estimate of drug-likeness (QED) is 0.467. The van der Waals surface area contributed by atoms with E-state index in [4.69, 9.17) is 4.74 Å². The van der Waals surface area contributed by atoms with Gasteiger partial charge in [0, 0.05) is 0 Å². The fourth-order valence-electron chi connectivity index (χ4n) is 2.33. The number of anilines is 2. The number of hydrogen-bond donors (Lipinski definition) is 0. The van der Waals surface area contributed by atoms with Gasteiger partial charge in [0.2, 0.25) is 5.13 Å². The molecule has 0 bridgehead atoms. The predicted molar refractivity (Wildman–Crippen MR) is 110 cm³/mol. The van der Waals surface area contributed by atoms with E-state index in [1.165, 1.54) is 16.2 Å². The first-order valence-corrected chi connectivity index (χ1v) is 9.76. The number of para-hydroxylation sites is 1. The van der Waals surface area contributed by atoms with Gasteiger partial charge < -0.3 is 4.74 Å². The van der Waals surface area contributed by atoms with E-state index in [1.807, 2.05) is 81.4 Å². The monoisotopic (exact) mass is 430 g/mol. The van der Waals surface area contributed by atoms with Crippen molar-refractivity contribution >= 4 is 44.2 Å². The van der Waals surface area contributed by atoms with Crippen LogP contribution in [0.4, 0.5) is 15.6 Å². The topological polar surface area (TPSA) is 42.4 Å². The third-order valence-corrected chi connectivity index (χ3v) is 5.32. The molecular weight excluding hydrogens is 412 g/mol. The Labute approximate surface area is 165 Å². The van der Waals surface area contributed by atoms with Crippen LogP contribution in [0, 0.1) is 0 Å². The summed E-state index contributed by atoms with van der Waals surface area (Å²) in [6.07, 6.45) is -0.454. The number of carbonyl (C=O) groups is 1. The molecule has 0 atom stereocenters. The van der Waals surface area contributed by atoms with Crippen molar-refractivity contribution in [3.8, 4) is 10.4 Å². The summed E-state index contributed by atoms with van der Waals surface area (Å²) in [5, 5.41) is 0.552. The Balaban J connectivity index is 2.04. The molecule has 134 valence electrons. The largest absolute Gasteiger partial charge is 0.443 e. The Morgan fingerprint density at radius 1 is 1.04 bits per heavy atom. The molecule has 6 heteroatoms. The fourth-order valence-corrected chi connectivity index (χ4v) is 4.06. The van der Waals surface area contributed by atoms with Gasteiger partial charge in [0.15, 0.2) is 0 Å². The van der Waals surface area contributed by atoms with Crippen LogP contribution in [0.15, 0.2) is 65.3 Å². The van der Waals surface area contributed by atoms with Gasteiger partial charge in [-0.2, -0.15) is 0 Å². The number of halogens is 1. The van der Waals surface area contributed by atoms with Crippen LogP contribution >= 0.6 is 27.3 Å². The molecule has 4 nitrogen and oxygen atoms in total. The summed E-state index contributed by atoms with van der Waals surface area (Å²) in [5.74, 6) is 0. The van der Waals surface area contributed by atoms with Gasteiger partial charge in [-0.15, -0.1) is 0 Å². The van der Waals surface area contributed by atoms with E-state index in [0.29, 0.717) is 15.4 Å². The van der Waals surface area contributed by atoms with Crippen LogP contribution in [0.3, 0.4) is 0 Å². The molecule has 0 fully saturated rings. The second kappa shape index (κ2) is 7.60. The van der Waals surface area contributed by atoms with Gasteiger partial charge in [-0.1, -0.05) is 59.9 Å². The van der Waals surface area contributed by atoms with E-state index in [2.05, 4.69) is 20.9 Å². The molecule has 1 amide bonds. The van der Waals surface area contributed by atoms with Crippen molar-refractivity contribution in [1.29, 1.82) is 0 Å². The number of rotatable bonds is 3. The van der Waals surface area contributed by atoms with E-state index in [1.54, 1.807) is 0 Å². The molecule has 1 aromatic heterocycles. The highest BCUT2D eigenvalue weighted by molar-refractivity contribution is 9.10. The minimum absolute atomic E-state index is 0.454. The van der Waals surface area contributed by atoms with Crippen LogP contribution < -0.4 is 4.90 Å². The highest BCUT2D eigenvalue weighted by Gasteiger charge is 2.28. The van der Waals surface area contributed by atoms with Crippen LogP contribution in [0.2, 0.25) is 0 Å². The van der Waals surface area contributed by atoms with Crippen molar-refractivity contribution in [2.75, 3.05) is 4.90 Å². The minimum atomic E-state index is -0.596. The fraction of sp³-hybridized carbons (Fsp3) is 0.200. The zero-order valence-corrected chi connectivity index (χ0v) is 17.2. The number of carbonyl (C=O) groups excluding carboxylic acids is 1. The Morgan fingerprint density at radius 3 is 2.19 bits per heavy atom. The molecule has 3 rings (SSSR count). The number of hydrogen-bond acceptors (Lipinski definition) is 4. The summed E-state index contributed by atoms with van der Waals surface area (Å²) in [6.45, 7) is 5.55. The summed E-state index contributed by atoms with van der Waals surface area (Å²) in [4.78, 5) is 19.9. The molecular formula is C20H19BrN2O2S. The van der Waals surface area contributed by atoms with Crippen LogP contribution in [0.5, 0.6) is 0 Å². The Bertz CT molecular complexity index is 889. The Kier molecular flexibility index (Phi) is 5.44. The zero-order valence-electron chi connectivity index (χ0n) is 14.8. The first-order chi connectivity index (χ1) is 12.3. The smallest absolute Gasteiger partial charge is 0.421 e. The maximum atomic E-state index is 12.9. The average Bonchev–Trinajstić information content (AvgIpc) is 2.96. The Morgan fingerprint density at radius 2 is 1.62 bits per heavy atom. The lowest BCUT2D eigenvalue weighted by Crippen LogP contribution is -2.33. The maximum Gasteiger partial charge on any atom is 0.421 e. The third kappa shape index (κ3) is 4.31. The molecule has 0 aliphatic heterocycles. The lowest BCUT2D eigenvalue weighted by molar-refractivity contribution is 0.0599. The zero-order chi connectivity index (χ0) is 18.7. The van der Waals surface area contributed by atoms with Gasteiger partial charge in [0.1, 0.15) is 10.2 Å². The number of amides is 1. The van der Waals surface area contributed by atoms with Crippen LogP contribution in [-0.4, -0.2) is 16.7 Å². The number of aromatic nitrogens is 1. The SMILES string of the molecule is CC(C)(C)OC(=O)N(c1ccccc1)c1nc(Br)c(-c2ccccc2)s1.